The Morgan fingerprint density at radius 2 is 2.05 bits per heavy atom. The summed E-state index contributed by atoms with van der Waals surface area (Å²) in [6.45, 7) is 10.1. The Morgan fingerprint density at radius 1 is 1.33 bits per heavy atom. The number of benzene rings is 1. The van der Waals surface area contributed by atoms with E-state index in [4.69, 9.17) is 9.84 Å². The molecule has 4 heteroatoms. The lowest BCUT2D eigenvalue weighted by molar-refractivity contribution is -0.141. The molecule has 0 radical (unpaired) electrons. The Labute approximate surface area is 127 Å². The molecule has 0 aromatic heterocycles. The van der Waals surface area contributed by atoms with E-state index in [-0.39, 0.29) is 5.92 Å². The molecule has 1 N–H and O–H groups in total. The fourth-order valence-electron chi connectivity index (χ4n) is 2.15. The molecule has 1 atom stereocenters. The third kappa shape index (κ3) is 6.63. The molecule has 0 spiro atoms. The zero-order chi connectivity index (χ0) is 15.8. The summed E-state index contributed by atoms with van der Waals surface area (Å²) in [6.07, 6.45) is 0.887. The number of carboxylic acid groups (broad SMARTS) is 1. The number of ether oxygens (including phenoxy) is 1. The van der Waals surface area contributed by atoms with E-state index in [1.54, 1.807) is 6.92 Å². The molecule has 21 heavy (non-hydrogen) atoms. The smallest absolute Gasteiger partial charge is 0.307 e. The molecule has 1 unspecified atom stereocenters. The van der Waals surface area contributed by atoms with Gasteiger partial charge in [0, 0.05) is 19.1 Å². The van der Waals surface area contributed by atoms with Gasteiger partial charge in [-0.05, 0) is 44.9 Å². The predicted octanol–water partition coefficient (Wildman–Crippen LogP) is 3.20. The number of carboxylic acids is 1. The number of rotatable bonds is 9. The van der Waals surface area contributed by atoms with Crippen LogP contribution in [0.5, 0.6) is 5.75 Å². The van der Waals surface area contributed by atoms with Crippen LogP contribution in [0.2, 0.25) is 0 Å². The summed E-state index contributed by atoms with van der Waals surface area (Å²) in [5.74, 6) is -0.188. The zero-order valence-corrected chi connectivity index (χ0v) is 13.5. The van der Waals surface area contributed by atoms with Crippen LogP contribution in [0.15, 0.2) is 24.3 Å². The van der Waals surface area contributed by atoms with E-state index < -0.39 is 5.97 Å². The van der Waals surface area contributed by atoms with E-state index in [0.29, 0.717) is 19.2 Å². The maximum absolute atomic E-state index is 11.0. The molecule has 1 aromatic carbocycles. The van der Waals surface area contributed by atoms with Gasteiger partial charge in [-0.3, -0.25) is 9.69 Å². The molecule has 1 rings (SSSR count). The minimum atomic E-state index is -0.739. The Hall–Kier alpha value is -1.55. The van der Waals surface area contributed by atoms with Crippen LogP contribution in [0.25, 0.3) is 0 Å². The van der Waals surface area contributed by atoms with Crippen molar-refractivity contribution in [2.24, 2.45) is 5.92 Å². The van der Waals surface area contributed by atoms with Gasteiger partial charge in [0.1, 0.15) is 5.75 Å². The van der Waals surface area contributed by atoms with Crippen molar-refractivity contribution in [2.45, 2.75) is 40.2 Å². The molecule has 0 aliphatic rings. The van der Waals surface area contributed by atoms with Crippen LogP contribution in [0.4, 0.5) is 0 Å². The lowest BCUT2D eigenvalue weighted by Crippen LogP contribution is -2.38. The minimum Gasteiger partial charge on any atom is -0.494 e. The largest absolute Gasteiger partial charge is 0.494 e. The highest BCUT2D eigenvalue weighted by Gasteiger charge is 2.17. The normalized spacial score (nSPS) is 12.7. The molecule has 1 aromatic rings. The summed E-state index contributed by atoms with van der Waals surface area (Å²) in [4.78, 5) is 13.1. The van der Waals surface area contributed by atoms with Gasteiger partial charge in [0.25, 0.3) is 0 Å². The summed E-state index contributed by atoms with van der Waals surface area (Å²) in [6, 6.07) is 8.35. The quantitative estimate of drug-likeness (QED) is 0.710. The van der Waals surface area contributed by atoms with Gasteiger partial charge < -0.3 is 9.84 Å². The van der Waals surface area contributed by atoms with Crippen LogP contribution in [0.1, 0.15) is 32.8 Å². The maximum Gasteiger partial charge on any atom is 0.307 e. The van der Waals surface area contributed by atoms with Crippen molar-refractivity contribution in [3.63, 3.8) is 0 Å². The zero-order valence-electron chi connectivity index (χ0n) is 13.5. The van der Waals surface area contributed by atoms with E-state index >= 15 is 0 Å². The van der Waals surface area contributed by atoms with E-state index in [1.165, 1.54) is 5.56 Å². The van der Waals surface area contributed by atoms with Gasteiger partial charge in [-0.25, -0.2) is 0 Å². The summed E-state index contributed by atoms with van der Waals surface area (Å²) in [5.41, 5.74) is 1.19. The molecule has 118 valence electrons. The van der Waals surface area contributed by atoms with Crippen molar-refractivity contribution < 1.29 is 14.6 Å². The highest BCUT2D eigenvalue weighted by atomic mass is 16.5. The first-order chi connectivity index (χ1) is 9.90. The second-order valence-electron chi connectivity index (χ2n) is 5.85. The number of nitrogens with zero attached hydrogens (tertiary/aromatic N) is 1. The van der Waals surface area contributed by atoms with Gasteiger partial charge in [-0.15, -0.1) is 0 Å². The Bertz CT molecular complexity index is 445. The average molecular weight is 293 g/mol. The van der Waals surface area contributed by atoms with Crippen molar-refractivity contribution in [1.29, 1.82) is 0 Å². The van der Waals surface area contributed by atoms with E-state index in [2.05, 4.69) is 18.7 Å². The topological polar surface area (TPSA) is 49.8 Å². The number of aryl methyl sites for hydroxylation is 1. The van der Waals surface area contributed by atoms with Gasteiger partial charge in [0.15, 0.2) is 0 Å². The Balaban J connectivity index is 2.35. The third-order valence-corrected chi connectivity index (χ3v) is 3.51. The van der Waals surface area contributed by atoms with Crippen LogP contribution in [0, 0.1) is 12.8 Å². The van der Waals surface area contributed by atoms with E-state index in [9.17, 15) is 4.79 Å². The standard InChI is InChI=1S/C17H27NO3/c1-13(2)18(12-15(4)17(19)20)9-6-10-21-16-8-5-7-14(3)11-16/h5,7-8,11,13,15H,6,9-10,12H2,1-4H3,(H,19,20). The van der Waals surface area contributed by atoms with Gasteiger partial charge in [0.2, 0.25) is 0 Å². The summed E-state index contributed by atoms with van der Waals surface area (Å²) in [5, 5.41) is 9.01. The van der Waals surface area contributed by atoms with E-state index in [0.717, 1.165) is 18.7 Å². The van der Waals surface area contributed by atoms with Gasteiger partial charge >= 0.3 is 5.97 Å². The molecule has 0 aliphatic carbocycles. The third-order valence-electron chi connectivity index (χ3n) is 3.51. The SMILES string of the molecule is Cc1cccc(OCCCN(CC(C)C(=O)O)C(C)C)c1. The Morgan fingerprint density at radius 3 is 2.62 bits per heavy atom. The molecule has 0 fully saturated rings. The molecule has 0 saturated heterocycles. The summed E-state index contributed by atoms with van der Waals surface area (Å²) < 4.78 is 5.73. The van der Waals surface area contributed by atoms with Crippen molar-refractivity contribution >= 4 is 5.97 Å². The average Bonchev–Trinajstić information content (AvgIpc) is 2.41. The Kier molecular flexibility index (Phi) is 7.23. The monoisotopic (exact) mass is 293 g/mol. The summed E-state index contributed by atoms with van der Waals surface area (Å²) in [7, 11) is 0. The lowest BCUT2D eigenvalue weighted by atomic mass is 10.1. The number of hydrogen-bond acceptors (Lipinski definition) is 3. The van der Waals surface area contributed by atoms with Crippen molar-refractivity contribution in [2.75, 3.05) is 19.7 Å². The highest BCUT2D eigenvalue weighted by molar-refractivity contribution is 5.69. The van der Waals surface area contributed by atoms with Gasteiger partial charge in [-0.2, -0.15) is 0 Å². The van der Waals surface area contributed by atoms with Crippen LogP contribution in [-0.4, -0.2) is 41.7 Å². The highest BCUT2D eigenvalue weighted by Crippen LogP contribution is 2.13. The first-order valence-electron chi connectivity index (χ1n) is 7.56. The van der Waals surface area contributed by atoms with Gasteiger partial charge in [0.05, 0.1) is 12.5 Å². The molecule has 4 nitrogen and oxygen atoms in total. The fourth-order valence-corrected chi connectivity index (χ4v) is 2.15. The lowest BCUT2D eigenvalue weighted by Gasteiger charge is -2.28. The number of aliphatic carboxylic acids is 1. The minimum absolute atomic E-state index is 0.339. The van der Waals surface area contributed by atoms with Gasteiger partial charge in [-0.1, -0.05) is 19.1 Å². The fraction of sp³-hybridized carbons (Fsp3) is 0.588. The maximum atomic E-state index is 11.0. The molecule has 0 saturated carbocycles. The molecule has 0 aliphatic heterocycles. The summed E-state index contributed by atoms with van der Waals surface area (Å²) >= 11 is 0. The number of carbonyl (C=O) groups is 1. The first-order valence-corrected chi connectivity index (χ1v) is 7.56. The van der Waals surface area contributed by atoms with Crippen molar-refractivity contribution in [1.82, 2.24) is 4.90 Å². The number of hydrogen-bond donors (Lipinski definition) is 1. The first kappa shape index (κ1) is 17.5. The van der Waals surface area contributed by atoms with Crippen LogP contribution in [-0.2, 0) is 4.79 Å². The molecule has 0 bridgehead atoms. The molecule has 0 heterocycles. The van der Waals surface area contributed by atoms with Crippen molar-refractivity contribution in [3.05, 3.63) is 29.8 Å². The predicted molar refractivity (Wildman–Crippen MR) is 84.8 cm³/mol. The second-order valence-corrected chi connectivity index (χ2v) is 5.85. The van der Waals surface area contributed by atoms with Crippen molar-refractivity contribution in [3.8, 4) is 5.75 Å². The molecule has 0 amide bonds. The van der Waals surface area contributed by atoms with Crippen LogP contribution in [0.3, 0.4) is 0 Å². The molecular weight excluding hydrogens is 266 g/mol. The van der Waals surface area contributed by atoms with Crippen LogP contribution < -0.4 is 4.74 Å². The van der Waals surface area contributed by atoms with Crippen LogP contribution >= 0.6 is 0 Å². The van der Waals surface area contributed by atoms with E-state index in [1.807, 2.05) is 31.2 Å². The second kappa shape index (κ2) is 8.67. The molecular formula is C17H27NO3.